The second-order valence-electron chi connectivity index (χ2n) is 7.74. The molecule has 24 heavy (non-hydrogen) atoms. The lowest BCUT2D eigenvalue weighted by Gasteiger charge is -2.38. The molecule has 1 aliphatic heterocycles. The van der Waals surface area contributed by atoms with Crippen LogP contribution in [0.15, 0.2) is 12.1 Å². The lowest BCUT2D eigenvalue weighted by molar-refractivity contribution is -0.0330. The summed E-state index contributed by atoms with van der Waals surface area (Å²) >= 11 is 0. The zero-order valence-corrected chi connectivity index (χ0v) is 15.8. The Bertz CT molecular complexity index is 560. The number of nitrogens with zero attached hydrogens (tertiary/aromatic N) is 2. The highest BCUT2D eigenvalue weighted by Gasteiger charge is 2.32. The van der Waals surface area contributed by atoms with E-state index in [1.54, 1.807) is 0 Å². The van der Waals surface area contributed by atoms with Crippen molar-refractivity contribution < 1.29 is 14.3 Å². The number of carbonyl (C=O) groups excluding carboxylic acids is 1. The van der Waals surface area contributed by atoms with Crippen LogP contribution in [0.25, 0.3) is 0 Å². The van der Waals surface area contributed by atoms with Crippen LogP contribution in [-0.4, -0.2) is 40.3 Å². The molecule has 2 atom stereocenters. The Morgan fingerprint density at radius 1 is 1.29 bits per heavy atom. The summed E-state index contributed by atoms with van der Waals surface area (Å²) in [6.07, 6.45) is 1.62. The molecule has 1 saturated heterocycles. The fourth-order valence-corrected chi connectivity index (χ4v) is 3.09. The predicted molar refractivity (Wildman–Crippen MR) is 93.9 cm³/mol. The Kier molecular flexibility index (Phi) is 5.86. The molecule has 134 valence electrons. The number of hydrogen-bond acceptors (Lipinski definition) is 4. The van der Waals surface area contributed by atoms with E-state index in [-0.39, 0.29) is 18.2 Å². The van der Waals surface area contributed by atoms with Gasteiger partial charge in [-0.05, 0) is 72.1 Å². The first kappa shape index (κ1) is 18.7. The summed E-state index contributed by atoms with van der Waals surface area (Å²) in [6, 6.07) is 4.25. The molecule has 1 aliphatic rings. The van der Waals surface area contributed by atoms with Crippen molar-refractivity contribution in [3.8, 4) is 0 Å². The fraction of sp³-hybridized carbons (Fsp3) is 0.684. The van der Waals surface area contributed by atoms with E-state index in [2.05, 4.69) is 24.0 Å². The smallest absolute Gasteiger partial charge is 0.410 e. The van der Waals surface area contributed by atoms with E-state index in [4.69, 9.17) is 9.47 Å². The van der Waals surface area contributed by atoms with Gasteiger partial charge in [-0.15, -0.1) is 0 Å². The largest absolute Gasteiger partial charge is 0.444 e. The van der Waals surface area contributed by atoms with Gasteiger partial charge in [-0.3, -0.25) is 4.98 Å². The van der Waals surface area contributed by atoms with Gasteiger partial charge in [0.2, 0.25) is 0 Å². The van der Waals surface area contributed by atoms with Gasteiger partial charge >= 0.3 is 6.09 Å². The minimum atomic E-state index is -0.457. The quantitative estimate of drug-likeness (QED) is 0.838. The molecular formula is C19H30N2O3. The van der Waals surface area contributed by atoms with Crippen molar-refractivity contribution in [2.45, 2.75) is 78.7 Å². The zero-order valence-electron chi connectivity index (χ0n) is 15.8. The monoisotopic (exact) mass is 334 g/mol. The molecule has 0 N–H and O–H groups in total. The van der Waals surface area contributed by atoms with Gasteiger partial charge in [-0.25, -0.2) is 4.79 Å². The highest BCUT2D eigenvalue weighted by molar-refractivity contribution is 5.68. The Morgan fingerprint density at radius 3 is 2.46 bits per heavy atom. The predicted octanol–water partition coefficient (Wildman–Crippen LogP) is 4.00. The van der Waals surface area contributed by atoms with Crippen molar-refractivity contribution in [1.29, 1.82) is 0 Å². The van der Waals surface area contributed by atoms with Gasteiger partial charge in [-0.2, -0.15) is 0 Å². The first-order valence-electron chi connectivity index (χ1n) is 8.69. The molecule has 1 aromatic rings. The third kappa shape index (κ3) is 5.48. The third-order valence-electron chi connectivity index (χ3n) is 4.08. The number of hydrogen-bond donors (Lipinski definition) is 0. The van der Waals surface area contributed by atoms with E-state index >= 15 is 0 Å². The van der Waals surface area contributed by atoms with Gasteiger partial charge in [0, 0.05) is 24.0 Å². The Labute approximate surface area is 145 Å². The van der Waals surface area contributed by atoms with Crippen LogP contribution in [-0.2, 0) is 16.1 Å². The second kappa shape index (κ2) is 7.51. The molecule has 1 fully saturated rings. The summed E-state index contributed by atoms with van der Waals surface area (Å²) in [5.41, 5.74) is 2.73. The van der Waals surface area contributed by atoms with Crippen LogP contribution in [0.5, 0.6) is 0 Å². The molecule has 0 unspecified atom stereocenters. The first-order chi connectivity index (χ1) is 11.1. The van der Waals surface area contributed by atoms with Crippen LogP contribution >= 0.6 is 0 Å². The molecule has 0 radical (unpaired) electrons. The van der Waals surface area contributed by atoms with Crippen molar-refractivity contribution in [1.82, 2.24) is 9.88 Å². The Morgan fingerprint density at radius 2 is 1.92 bits per heavy atom. The number of aromatic nitrogens is 1. The average Bonchev–Trinajstić information content (AvgIpc) is 2.42. The summed E-state index contributed by atoms with van der Waals surface area (Å²) in [6.45, 7) is 13.0. The van der Waals surface area contributed by atoms with Gasteiger partial charge in [-0.1, -0.05) is 0 Å². The summed E-state index contributed by atoms with van der Waals surface area (Å²) in [5.74, 6) is 0. The number of ether oxygens (including phenoxy) is 2. The van der Waals surface area contributed by atoms with Crippen LogP contribution in [0.3, 0.4) is 0 Å². The molecule has 0 spiro atoms. The molecule has 2 rings (SSSR count). The minimum Gasteiger partial charge on any atom is -0.444 e. The number of rotatable bonds is 3. The molecular weight excluding hydrogens is 304 g/mol. The van der Waals surface area contributed by atoms with E-state index < -0.39 is 5.60 Å². The first-order valence-corrected chi connectivity index (χ1v) is 8.69. The number of pyridine rings is 1. The number of amides is 1. The molecule has 0 aliphatic carbocycles. The number of aryl methyl sites for hydroxylation is 2. The van der Waals surface area contributed by atoms with E-state index in [9.17, 15) is 4.79 Å². The molecule has 2 heterocycles. The van der Waals surface area contributed by atoms with Gasteiger partial charge in [0.25, 0.3) is 0 Å². The molecule has 5 nitrogen and oxygen atoms in total. The molecule has 0 saturated carbocycles. The topological polar surface area (TPSA) is 51.7 Å². The van der Waals surface area contributed by atoms with Crippen molar-refractivity contribution in [2.24, 2.45) is 0 Å². The highest BCUT2D eigenvalue weighted by Crippen LogP contribution is 2.23. The summed E-state index contributed by atoms with van der Waals surface area (Å²) < 4.78 is 11.5. The maximum absolute atomic E-state index is 12.2. The van der Waals surface area contributed by atoms with Crippen molar-refractivity contribution >= 4 is 6.09 Å². The molecule has 0 aromatic carbocycles. The van der Waals surface area contributed by atoms with Gasteiger partial charge in [0.1, 0.15) is 5.60 Å². The number of carbonyl (C=O) groups is 1. The van der Waals surface area contributed by atoms with Crippen molar-refractivity contribution in [3.05, 3.63) is 29.1 Å². The van der Waals surface area contributed by atoms with E-state index in [1.807, 2.05) is 39.5 Å². The van der Waals surface area contributed by atoms with Gasteiger partial charge in [0.15, 0.2) is 0 Å². The van der Waals surface area contributed by atoms with Crippen LogP contribution in [0.1, 0.15) is 57.5 Å². The van der Waals surface area contributed by atoms with Crippen LogP contribution in [0.2, 0.25) is 0 Å². The molecule has 0 bridgehead atoms. The fourth-order valence-electron chi connectivity index (χ4n) is 3.09. The van der Waals surface area contributed by atoms with E-state index in [0.717, 1.165) is 29.8 Å². The molecule has 5 heteroatoms. The van der Waals surface area contributed by atoms with Crippen molar-refractivity contribution in [2.75, 3.05) is 6.54 Å². The number of piperidine rings is 1. The summed E-state index contributed by atoms with van der Waals surface area (Å²) in [4.78, 5) is 18.4. The lowest BCUT2D eigenvalue weighted by Crippen LogP contribution is -2.48. The second-order valence-corrected chi connectivity index (χ2v) is 7.74. The number of likely N-dealkylation sites (tertiary alicyclic amines) is 1. The molecule has 1 aromatic heterocycles. The zero-order chi connectivity index (χ0) is 17.9. The van der Waals surface area contributed by atoms with E-state index in [0.29, 0.717) is 13.2 Å². The van der Waals surface area contributed by atoms with Crippen LogP contribution in [0, 0.1) is 13.8 Å². The van der Waals surface area contributed by atoms with Crippen LogP contribution < -0.4 is 0 Å². The van der Waals surface area contributed by atoms with E-state index in [1.165, 1.54) is 0 Å². The maximum Gasteiger partial charge on any atom is 0.410 e. The molecule has 1 amide bonds. The highest BCUT2D eigenvalue weighted by atomic mass is 16.6. The van der Waals surface area contributed by atoms with Gasteiger partial charge in [0.05, 0.1) is 12.7 Å². The average molecular weight is 334 g/mol. The van der Waals surface area contributed by atoms with Gasteiger partial charge < -0.3 is 14.4 Å². The summed E-state index contributed by atoms with van der Waals surface area (Å²) in [5, 5.41) is 0. The normalized spacial score (nSPS) is 21.7. The summed E-state index contributed by atoms with van der Waals surface area (Å²) in [7, 11) is 0. The standard InChI is InChI=1S/C19H30N2O3/c1-13-9-16(10-14(2)20-13)12-23-17-7-8-21(15(3)11-17)18(22)24-19(4,5)6/h9-10,15,17H,7-8,11-12H2,1-6H3/t15-,17-/m0/s1. The third-order valence-corrected chi connectivity index (χ3v) is 4.08. The maximum atomic E-state index is 12.2. The Hall–Kier alpha value is -1.62. The Balaban J connectivity index is 1.85. The lowest BCUT2D eigenvalue weighted by atomic mass is 10.0. The SMILES string of the molecule is Cc1cc(CO[C@H]2CCN(C(=O)OC(C)(C)C)[C@@H](C)C2)cc(C)n1. The minimum absolute atomic E-state index is 0.125. The van der Waals surface area contributed by atoms with Crippen LogP contribution in [0.4, 0.5) is 4.79 Å². The van der Waals surface area contributed by atoms with Crippen molar-refractivity contribution in [3.63, 3.8) is 0 Å².